The van der Waals surface area contributed by atoms with Gasteiger partial charge in [-0.2, -0.15) is 0 Å². The molecule has 28 heavy (non-hydrogen) atoms. The Morgan fingerprint density at radius 3 is 2.54 bits per heavy atom. The van der Waals surface area contributed by atoms with Crippen molar-refractivity contribution in [1.82, 2.24) is 14.9 Å². The van der Waals surface area contributed by atoms with Crippen LogP contribution in [0.5, 0.6) is 5.75 Å². The van der Waals surface area contributed by atoms with Crippen LogP contribution in [0.4, 0.5) is 0 Å². The molecule has 0 amide bonds. The van der Waals surface area contributed by atoms with Crippen LogP contribution < -0.4 is 4.74 Å². The van der Waals surface area contributed by atoms with Crippen molar-refractivity contribution in [3.05, 3.63) is 60.0 Å². The zero-order chi connectivity index (χ0) is 20.5. The summed E-state index contributed by atoms with van der Waals surface area (Å²) in [5, 5.41) is -2.66. The number of H-pyrrole nitrogens is 1. The highest BCUT2D eigenvalue weighted by Crippen LogP contribution is 2.38. The van der Waals surface area contributed by atoms with E-state index in [1.54, 1.807) is 56.8 Å². The molecule has 0 aliphatic heterocycles. The molecule has 2 heterocycles. The first-order valence-electron chi connectivity index (χ1n) is 8.68. The van der Waals surface area contributed by atoms with E-state index in [-0.39, 0.29) is 6.42 Å². The normalized spacial score (nSPS) is 12.4. The van der Waals surface area contributed by atoms with E-state index in [2.05, 4.69) is 9.97 Å². The van der Waals surface area contributed by atoms with Gasteiger partial charge in [0, 0.05) is 23.3 Å². The molecule has 0 bridgehead atoms. The highest BCUT2D eigenvalue weighted by molar-refractivity contribution is 6.54. The van der Waals surface area contributed by atoms with Crippen LogP contribution in [0, 0.1) is 0 Å². The molecule has 132 valence electrons. The van der Waals surface area contributed by atoms with Crippen molar-refractivity contribution in [2.24, 2.45) is 0 Å². The molecule has 8 radical (unpaired) electrons. The molecule has 1 aromatic carbocycles. The van der Waals surface area contributed by atoms with Gasteiger partial charge in [0.05, 0.1) is 43.5 Å². The molecule has 0 saturated heterocycles. The SMILES string of the molecule is [B]C([B])(c1c[nH]c2cccc(OC(=O)Cc3ccccn3)c12)C([B])([B])N(C)C. The molecule has 2 aromatic heterocycles. The second kappa shape index (κ2) is 7.55. The molecule has 0 atom stereocenters. The first-order chi connectivity index (χ1) is 13.1. The molecule has 0 aliphatic carbocycles. The fraction of sp³-hybridized carbons (Fsp3) is 0.263. The summed E-state index contributed by atoms with van der Waals surface area (Å²) in [6.07, 6.45) is 3.27. The molecule has 3 rings (SSSR count). The van der Waals surface area contributed by atoms with Gasteiger partial charge in [-0.15, -0.1) is 0 Å². The van der Waals surface area contributed by atoms with Crippen molar-refractivity contribution >= 4 is 48.3 Å². The minimum atomic E-state index is -1.64. The summed E-state index contributed by atoms with van der Waals surface area (Å²) in [4.78, 5) is 21.2. The number of carbonyl (C=O) groups is 1. The standard InChI is InChI=1S/C19H17B4N3O2/c1-26(2)19(22,23)18(20,21)13-11-25-14-7-5-8-15(17(13)14)28-16(27)10-12-6-3-4-9-24-12/h3-9,11,25H,10H2,1-2H3. The maximum atomic E-state index is 12.4. The summed E-state index contributed by atoms with van der Waals surface area (Å²) in [5.41, 5.74) is 1.73. The lowest BCUT2D eigenvalue weighted by molar-refractivity contribution is -0.133. The van der Waals surface area contributed by atoms with Crippen molar-refractivity contribution in [2.75, 3.05) is 14.1 Å². The number of carbonyl (C=O) groups excluding carboxylic acids is 1. The number of aromatic amines is 1. The Kier molecular flexibility index (Phi) is 5.48. The number of benzene rings is 1. The molecule has 1 N–H and O–H groups in total. The van der Waals surface area contributed by atoms with Crippen LogP contribution in [0.1, 0.15) is 11.3 Å². The van der Waals surface area contributed by atoms with Gasteiger partial charge in [0.2, 0.25) is 0 Å². The predicted octanol–water partition coefficient (Wildman–Crippen LogP) is 0.753. The van der Waals surface area contributed by atoms with Crippen LogP contribution in [-0.2, 0) is 16.4 Å². The molecule has 0 unspecified atom stereocenters. The molecular weight excluding hydrogens is 345 g/mol. The topological polar surface area (TPSA) is 58.2 Å². The van der Waals surface area contributed by atoms with E-state index in [0.29, 0.717) is 27.9 Å². The number of ether oxygens (including phenoxy) is 1. The van der Waals surface area contributed by atoms with E-state index >= 15 is 0 Å². The Hall–Kier alpha value is -2.40. The summed E-state index contributed by atoms with van der Waals surface area (Å²) in [6.45, 7) is 0. The molecule has 0 aliphatic rings. The maximum Gasteiger partial charge on any atom is 0.317 e. The minimum Gasteiger partial charge on any atom is -0.426 e. The zero-order valence-electron chi connectivity index (χ0n) is 15.8. The third-order valence-corrected chi connectivity index (χ3v) is 4.79. The van der Waals surface area contributed by atoms with Crippen molar-refractivity contribution in [1.29, 1.82) is 0 Å². The molecule has 3 aromatic rings. The highest BCUT2D eigenvalue weighted by Gasteiger charge is 2.39. The maximum absolute atomic E-state index is 12.4. The lowest BCUT2D eigenvalue weighted by Gasteiger charge is -2.49. The number of aromatic nitrogens is 2. The minimum absolute atomic E-state index is 0.0305. The third kappa shape index (κ3) is 3.63. The van der Waals surface area contributed by atoms with Gasteiger partial charge >= 0.3 is 5.97 Å². The second-order valence-corrected chi connectivity index (χ2v) is 6.94. The lowest BCUT2D eigenvalue weighted by atomic mass is 9.31. The van der Waals surface area contributed by atoms with E-state index in [0.717, 1.165) is 0 Å². The quantitative estimate of drug-likeness (QED) is 0.399. The summed E-state index contributed by atoms with van der Waals surface area (Å²) >= 11 is 0. The number of nitrogens with zero attached hydrogens (tertiary/aromatic N) is 2. The fourth-order valence-electron chi connectivity index (χ4n) is 2.96. The lowest BCUT2D eigenvalue weighted by Crippen LogP contribution is -2.62. The average molecular weight is 363 g/mol. The number of likely N-dealkylation sites (N-methyl/N-ethyl adjacent to an activating group) is 1. The number of hydrogen-bond acceptors (Lipinski definition) is 4. The van der Waals surface area contributed by atoms with Gasteiger partial charge in [0.15, 0.2) is 0 Å². The molecular formula is C19H17B4N3O2. The number of rotatable bonds is 6. The molecule has 5 nitrogen and oxygen atoms in total. The van der Waals surface area contributed by atoms with E-state index in [4.69, 9.17) is 36.1 Å². The first kappa shape index (κ1) is 20.3. The van der Waals surface area contributed by atoms with Crippen molar-refractivity contribution in [2.45, 2.75) is 17.0 Å². The summed E-state index contributed by atoms with van der Waals surface area (Å²) in [7, 11) is 28.5. The highest BCUT2D eigenvalue weighted by atomic mass is 16.5. The monoisotopic (exact) mass is 363 g/mol. The Bertz CT molecular complexity index is 987. The number of nitrogens with one attached hydrogen (secondary N) is 1. The molecule has 0 fully saturated rings. The van der Waals surface area contributed by atoms with Gasteiger partial charge in [0.1, 0.15) is 5.75 Å². The average Bonchev–Trinajstić information content (AvgIpc) is 3.08. The molecule has 0 saturated carbocycles. The van der Waals surface area contributed by atoms with Crippen LogP contribution in [0.3, 0.4) is 0 Å². The number of fused-ring (bicyclic) bond motifs is 1. The van der Waals surface area contributed by atoms with Crippen molar-refractivity contribution in [3.8, 4) is 5.75 Å². The Morgan fingerprint density at radius 2 is 1.89 bits per heavy atom. The Labute approximate surface area is 169 Å². The number of pyridine rings is 1. The Balaban J connectivity index is 1.99. The molecule has 9 heteroatoms. The van der Waals surface area contributed by atoms with E-state index in [1.165, 1.54) is 4.90 Å². The zero-order valence-corrected chi connectivity index (χ0v) is 15.8. The van der Waals surface area contributed by atoms with Gasteiger partial charge < -0.3 is 14.6 Å². The van der Waals surface area contributed by atoms with Crippen LogP contribution in [0.15, 0.2) is 48.8 Å². The van der Waals surface area contributed by atoms with Gasteiger partial charge in [-0.3, -0.25) is 9.78 Å². The van der Waals surface area contributed by atoms with Crippen molar-refractivity contribution in [3.63, 3.8) is 0 Å². The van der Waals surface area contributed by atoms with Crippen LogP contribution >= 0.6 is 0 Å². The summed E-state index contributed by atoms with van der Waals surface area (Å²) in [6, 6.07) is 10.6. The number of esters is 1. The first-order valence-corrected chi connectivity index (χ1v) is 8.68. The van der Waals surface area contributed by atoms with Crippen LogP contribution in [0.2, 0.25) is 0 Å². The van der Waals surface area contributed by atoms with Crippen LogP contribution in [0.25, 0.3) is 10.9 Å². The van der Waals surface area contributed by atoms with Gasteiger partial charge in [-0.25, -0.2) is 0 Å². The fourth-order valence-corrected chi connectivity index (χ4v) is 2.96. The van der Waals surface area contributed by atoms with E-state index < -0.39 is 16.5 Å². The van der Waals surface area contributed by atoms with Gasteiger partial charge in [-0.05, 0) is 43.9 Å². The van der Waals surface area contributed by atoms with E-state index in [9.17, 15) is 4.79 Å². The second-order valence-electron chi connectivity index (χ2n) is 6.94. The van der Waals surface area contributed by atoms with Gasteiger partial charge in [-0.1, -0.05) is 22.7 Å². The predicted molar refractivity (Wildman–Crippen MR) is 113 cm³/mol. The summed E-state index contributed by atoms with van der Waals surface area (Å²) < 4.78 is 5.59. The number of hydrogen-bond donors (Lipinski definition) is 1. The van der Waals surface area contributed by atoms with Gasteiger partial charge in [0.25, 0.3) is 0 Å². The Morgan fingerprint density at radius 1 is 1.14 bits per heavy atom. The molecule has 0 spiro atoms. The smallest absolute Gasteiger partial charge is 0.317 e. The van der Waals surface area contributed by atoms with Crippen LogP contribution in [-0.4, -0.2) is 71.7 Å². The largest absolute Gasteiger partial charge is 0.426 e. The van der Waals surface area contributed by atoms with E-state index in [1.807, 2.05) is 6.07 Å². The van der Waals surface area contributed by atoms with Crippen molar-refractivity contribution < 1.29 is 9.53 Å². The summed E-state index contributed by atoms with van der Waals surface area (Å²) in [5.74, 6) is -0.151. The third-order valence-electron chi connectivity index (χ3n) is 4.79.